The molecule has 2 saturated carbocycles. The summed E-state index contributed by atoms with van der Waals surface area (Å²) < 4.78 is 27.2. The first-order valence-electron chi connectivity index (χ1n) is 13.9. The van der Waals surface area contributed by atoms with Gasteiger partial charge in [-0.05, 0) is 109 Å². The Labute approximate surface area is 224 Å². The van der Waals surface area contributed by atoms with E-state index in [1.807, 2.05) is 6.07 Å². The number of fused-ring (bicyclic) bond motifs is 7. The molecule has 196 valence electrons. The number of nitrogens with one attached hydrogen (secondary N) is 2. The maximum atomic E-state index is 13.3. The van der Waals surface area contributed by atoms with Gasteiger partial charge < -0.3 is 10.6 Å². The van der Waals surface area contributed by atoms with E-state index < -0.39 is 10.0 Å². The predicted octanol–water partition coefficient (Wildman–Crippen LogP) is 6.02. The van der Waals surface area contributed by atoms with Crippen molar-refractivity contribution in [1.82, 2.24) is 4.31 Å². The summed E-state index contributed by atoms with van der Waals surface area (Å²) in [7, 11) is -3.47. The Kier molecular flexibility index (Phi) is 5.82. The van der Waals surface area contributed by atoms with Crippen molar-refractivity contribution in [3.63, 3.8) is 0 Å². The van der Waals surface area contributed by atoms with Gasteiger partial charge in [0.2, 0.25) is 10.0 Å². The number of hydrogen-bond donors (Lipinski definition) is 2. The zero-order valence-electron chi connectivity index (χ0n) is 21.3. The summed E-state index contributed by atoms with van der Waals surface area (Å²) in [4.78, 5) is 13.5. The van der Waals surface area contributed by atoms with E-state index in [9.17, 15) is 13.2 Å². The van der Waals surface area contributed by atoms with Crippen molar-refractivity contribution in [3.8, 4) is 0 Å². The molecule has 2 N–H and O–H groups in total. The molecule has 2 aliphatic heterocycles. The highest BCUT2D eigenvalue weighted by molar-refractivity contribution is 7.89. The van der Waals surface area contributed by atoms with Gasteiger partial charge in [0, 0.05) is 30.0 Å². The minimum absolute atomic E-state index is 0.173. The number of sulfonamides is 1. The molecule has 7 heteroatoms. The number of carbonyl (C=O) groups excluding carboxylic acids is 1. The second-order valence-corrected chi connectivity index (χ2v) is 13.3. The van der Waals surface area contributed by atoms with Crippen molar-refractivity contribution in [3.05, 3.63) is 89.5 Å². The van der Waals surface area contributed by atoms with Gasteiger partial charge in [-0.3, -0.25) is 4.79 Å². The number of carbonyl (C=O) groups is 1. The third-order valence-corrected chi connectivity index (χ3v) is 11.2. The van der Waals surface area contributed by atoms with Crippen LogP contribution in [0, 0.1) is 17.8 Å². The number of hydrogen-bond acceptors (Lipinski definition) is 4. The minimum atomic E-state index is -3.47. The van der Waals surface area contributed by atoms with Crippen LogP contribution in [0.4, 0.5) is 11.4 Å². The normalized spacial score (nSPS) is 27.9. The van der Waals surface area contributed by atoms with Crippen molar-refractivity contribution < 1.29 is 13.2 Å². The Morgan fingerprint density at radius 2 is 1.63 bits per heavy atom. The number of amides is 1. The first-order valence-corrected chi connectivity index (χ1v) is 15.3. The molecule has 7 rings (SSSR count). The van der Waals surface area contributed by atoms with E-state index in [0.29, 0.717) is 48.1 Å². The van der Waals surface area contributed by atoms with E-state index in [4.69, 9.17) is 0 Å². The Morgan fingerprint density at radius 3 is 2.39 bits per heavy atom. The van der Waals surface area contributed by atoms with Crippen LogP contribution in [0.2, 0.25) is 0 Å². The van der Waals surface area contributed by atoms with Crippen molar-refractivity contribution in [2.24, 2.45) is 17.8 Å². The summed E-state index contributed by atoms with van der Waals surface area (Å²) in [5, 5.41) is 6.81. The van der Waals surface area contributed by atoms with Crippen molar-refractivity contribution in [2.75, 3.05) is 23.7 Å². The molecule has 2 aliphatic carbocycles. The van der Waals surface area contributed by atoms with Gasteiger partial charge in [0.05, 0.1) is 10.9 Å². The number of benzene rings is 3. The van der Waals surface area contributed by atoms with Crippen molar-refractivity contribution >= 4 is 27.3 Å². The molecule has 3 fully saturated rings. The van der Waals surface area contributed by atoms with Crippen LogP contribution >= 0.6 is 0 Å². The largest absolute Gasteiger partial charge is 0.378 e. The summed E-state index contributed by atoms with van der Waals surface area (Å²) >= 11 is 0. The lowest BCUT2D eigenvalue weighted by Gasteiger charge is -2.43. The Morgan fingerprint density at radius 1 is 0.895 bits per heavy atom. The summed E-state index contributed by atoms with van der Waals surface area (Å²) in [6.45, 7) is 1.15. The van der Waals surface area contributed by atoms with Crippen LogP contribution in [-0.2, 0) is 10.0 Å². The van der Waals surface area contributed by atoms with E-state index in [1.165, 1.54) is 34.7 Å². The lowest BCUT2D eigenvalue weighted by Crippen LogP contribution is -2.35. The third kappa shape index (κ3) is 3.95. The SMILES string of the molecule is O=C(Nc1ccc(S(=O)(=O)N2CCCC2)cc1)c1ccc2c(c1)[C@@H]1[C@H]3CC[C@@H](C3)[C@H]1[C@@H](c1ccccc1)N2. The van der Waals surface area contributed by atoms with Crippen molar-refractivity contribution in [1.29, 1.82) is 0 Å². The monoisotopic (exact) mass is 527 g/mol. The summed E-state index contributed by atoms with van der Waals surface area (Å²) in [6.07, 6.45) is 5.66. The minimum Gasteiger partial charge on any atom is -0.378 e. The molecular weight excluding hydrogens is 494 g/mol. The molecule has 0 aromatic heterocycles. The molecule has 1 amide bonds. The number of anilines is 2. The zero-order valence-corrected chi connectivity index (χ0v) is 22.2. The van der Waals surface area contributed by atoms with E-state index in [0.717, 1.165) is 24.4 Å². The topological polar surface area (TPSA) is 78.5 Å². The fourth-order valence-electron chi connectivity index (χ4n) is 7.61. The average molecular weight is 528 g/mol. The quantitative estimate of drug-likeness (QED) is 0.425. The van der Waals surface area contributed by atoms with Crippen LogP contribution in [0.3, 0.4) is 0 Å². The third-order valence-electron chi connectivity index (χ3n) is 9.32. The van der Waals surface area contributed by atoms with Gasteiger partial charge in [-0.2, -0.15) is 4.31 Å². The molecule has 3 aromatic rings. The summed E-state index contributed by atoms with van der Waals surface area (Å²) in [5.74, 6) is 2.25. The average Bonchev–Trinajstić information content (AvgIpc) is 3.72. The molecule has 2 heterocycles. The Bertz CT molecular complexity index is 1470. The second kappa shape index (κ2) is 9.24. The first-order chi connectivity index (χ1) is 18.5. The molecular formula is C31H33N3O3S. The van der Waals surface area contributed by atoms with Crippen LogP contribution in [0.5, 0.6) is 0 Å². The Hall–Kier alpha value is -3.16. The van der Waals surface area contributed by atoms with Gasteiger partial charge in [-0.15, -0.1) is 0 Å². The lowest BCUT2D eigenvalue weighted by molar-refractivity contribution is 0.102. The number of rotatable bonds is 5. The number of nitrogens with zero attached hydrogens (tertiary/aromatic N) is 1. The lowest BCUT2D eigenvalue weighted by atomic mass is 9.68. The maximum Gasteiger partial charge on any atom is 0.255 e. The molecule has 1 saturated heterocycles. The highest BCUT2D eigenvalue weighted by atomic mass is 32.2. The van der Waals surface area contributed by atoms with Crippen LogP contribution < -0.4 is 10.6 Å². The highest BCUT2D eigenvalue weighted by Crippen LogP contribution is 2.63. The molecule has 3 aromatic carbocycles. The van der Waals surface area contributed by atoms with E-state index in [-0.39, 0.29) is 10.8 Å². The summed E-state index contributed by atoms with van der Waals surface area (Å²) in [6, 6.07) is 23.7. The molecule has 0 spiro atoms. The fraction of sp³-hybridized carbons (Fsp3) is 0.387. The van der Waals surface area contributed by atoms with Crippen LogP contribution in [-0.4, -0.2) is 31.7 Å². The van der Waals surface area contributed by atoms with Gasteiger partial charge in [0.1, 0.15) is 0 Å². The van der Waals surface area contributed by atoms with Crippen LogP contribution in [0.25, 0.3) is 0 Å². The van der Waals surface area contributed by atoms with Gasteiger partial charge >= 0.3 is 0 Å². The molecule has 2 bridgehead atoms. The molecule has 4 aliphatic rings. The van der Waals surface area contributed by atoms with Gasteiger partial charge in [0.25, 0.3) is 5.91 Å². The second-order valence-electron chi connectivity index (χ2n) is 11.4. The maximum absolute atomic E-state index is 13.3. The summed E-state index contributed by atoms with van der Waals surface area (Å²) in [5.41, 5.74) is 4.99. The van der Waals surface area contributed by atoms with E-state index >= 15 is 0 Å². The molecule has 0 radical (unpaired) electrons. The zero-order chi connectivity index (χ0) is 25.9. The highest BCUT2D eigenvalue weighted by Gasteiger charge is 2.53. The van der Waals surface area contributed by atoms with Crippen molar-refractivity contribution in [2.45, 2.75) is 49.0 Å². The predicted molar refractivity (Wildman–Crippen MR) is 149 cm³/mol. The first kappa shape index (κ1) is 23.9. The van der Waals surface area contributed by atoms with E-state index in [2.05, 4.69) is 53.1 Å². The van der Waals surface area contributed by atoms with E-state index in [1.54, 1.807) is 24.3 Å². The molecule has 5 atom stereocenters. The van der Waals surface area contributed by atoms with Crippen LogP contribution in [0.15, 0.2) is 77.7 Å². The standard InChI is InChI=1S/C31H33N3O3S/c35-31(32-24-11-13-25(14-12-24)38(36,37)34-16-4-5-17-34)23-10-15-27-26(19-23)28-21-8-9-22(18-21)29(28)30(33-27)20-6-2-1-3-7-20/h1-3,6-7,10-15,19,21-22,28-30,33H,4-5,8-9,16-18H2,(H,32,35)/t21-,22-,28-,29+,30+/m0/s1. The van der Waals surface area contributed by atoms with Gasteiger partial charge in [0.15, 0.2) is 0 Å². The smallest absolute Gasteiger partial charge is 0.255 e. The van der Waals surface area contributed by atoms with Crippen LogP contribution in [0.1, 0.15) is 65.5 Å². The molecule has 38 heavy (non-hydrogen) atoms. The fourth-order valence-corrected chi connectivity index (χ4v) is 9.13. The molecule has 0 unspecified atom stereocenters. The van der Waals surface area contributed by atoms with Gasteiger partial charge in [-0.25, -0.2) is 8.42 Å². The Balaban J connectivity index is 1.13. The van der Waals surface area contributed by atoms with Gasteiger partial charge in [-0.1, -0.05) is 30.3 Å². The molecule has 6 nitrogen and oxygen atoms in total.